The Morgan fingerprint density at radius 1 is 1.41 bits per heavy atom. The zero-order valence-corrected chi connectivity index (χ0v) is 10.0. The zero-order valence-electron chi connectivity index (χ0n) is 10.0. The van der Waals surface area contributed by atoms with Crippen LogP contribution in [0.2, 0.25) is 0 Å². The van der Waals surface area contributed by atoms with Gasteiger partial charge < -0.3 is 14.4 Å². The fourth-order valence-corrected chi connectivity index (χ4v) is 2.61. The molecule has 1 saturated heterocycles. The summed E-state index contributed by atoms with van der Waals surface area (Å²) in [6.07, 6.45) is 7.26. The molecule has 4 heteroatoms. The van der Waals surface area contributed by atoms with Gasteiger partial charge in [0.25, 0.3) is 0 Å². The van der Waals surface area contributed by atoms with E-state index in [1.165, 1.54) is 19.4 Å². The summed E-state index contributed by atoms with van der Waals surface area (Å²) < 4.78 is 1.89. The van der Waals surface area contributed by atoms with Crippen LogP contribution in [0, 0.1) is 0 Å². The highest BCUT2D eigenvalue weighted by Crippen LogP contribution is 2.20. The average Bonchev–Trinajstić information content (AvgIpc) is 2.85. The highest BCUT2D eigenvalue weighted by Gasteiger charge is 2.21. The van der Waals surface area contributed by atoms with E-state index in [0.717, 1.165) is 17.8 Å². The SMILES string of the molecule is CN1CCCC1Cc1cn2cc(O)ccc2n1. The third kappa shape index (κ3) is 2.00. The van der Waals surface area contributed by atoms with Crippen molar-refractivity contribution in [3.05, 3.63) is 30.2 Å². The first-order chi connectivity index (χ1) is 8.22. The Hall–Kier alpha value is -1.55. The van der Waals surface area contributed by atoms with Crippen molar-refractivity contribution in [1.82, 2.24) is 14.3 Å². The maximum Gasteiger partial charge on any atom is 0.137 e. The standard InChI is InChI=1S/C13H17N3O/c1-15-6-2-3-11(15)7-10-8-16-9-12(17)4-5-13(16)14-10/h4-5,8-9,11,17H,2-3,6-7H2,1H3. The van der Waals surface area contributed by atoms with Gasteiger partial charge in [-0.15, -0.1) is 0 Å². The number of fused-ring (bicyclic) bond motifs is 1. The summed E-state index contributed by atoms with van der Waals surface area (Å²) in [6.45, 7) is 1.19. The molecule has 0 aromatic carbocycles. The lowest BCUT2D eigenvalue weighted by Gasteiger charge is -2.17. The summed E-state index contributed by atoms with van der Waals surface area (Å²) in [4.78, 5) is 6.98. The third-order valence-electron chi connectivity index (χ3n) is 3.60. The van der Waals surface area contributed by atoms with Crippen molar-refractivity contribution in [3.8, 4) is 5.75 Å². The highest BCUT2D eigenvalue weighted by molar-refractivity contribution is 5.42. The van der Waals surface area contributed by atoms with Crippen LogP contribution in [0.5, 0.6) is 5.75 Å². The van der Waals surface area contributed by atoms with Gasteiger partial charge in [-0.25, -0.2) is 4.98 Å². The first-order valence-electron chi connectivity index (χ1n) is 6.09. The van der Waals surface area contributed by atoms with E-state index in [0.29, 0.717) is 6.04 Å². The topological polar surface area (TPSA) is 40.8 Å². The maximum absolute atomic E-state index is 9.41. The number of hydrogen-bond donors (Lipinski definition) is 1. The highest BCUT2D eigenvalue weighted by atomic mass is 16.3. The van der Waals surface area contributed by atoms with Crippen LogP contribution in [-0.2, 0) is 6.42 Å². The van der Waals surface area contributed by atoms with Crippen LogP contribution >= 0.6 is 0 Å². The number of nitrogens with zero attached hydrogens (tertiary/aromatic N) is 3. The first-order valence-corrected chi connectivity index (χ1v) is 6.09. The molecule has 0 radical (unpaired) electrons. The maximum atomic E-state index is 9.41. The Morgan fingerprint density at radius 3 is 3.06 bits per heavy atom. The van der Waals surface area contributed by atoms with Crippen LogP contribution in [0.25, 0.3) is 5.65 Å². The van der Waals surface area contributed by atoms with E-state index in [4.69, 9.17) is 0 Å². The summed E-state index contributed by atoms with van der Waals surface area (Å²) in [5.41, 5.74) is 2.01. The molecule has 3 rings (SSSR count). The van der Waals surface area contributed by atoms with E-state index in [1.807, 2.05) is 16.7 Å². The van der Waals surface area contributed by atoms with Crippen molar-refractivity contribution < 1.29 is 5.11 Å². The van der Waals surface area contributed by atoms with Crippen LogP contribution in [0.1, 0.15) is 18.5 Å². The Labute approximate surface area is 101 Å². The van der Waals surface area contributed by atoms with Gasteiger partial charge in [0.1, 0.15) is 11.4 Å². The van der Waals surface area contributed by atoms with Crippen molar-refractivity contribution >= 4 is 5.65 Å². The number of pyridine rings is 1. The van der Waals surface area contributed by atoms with Crippen molar-refractivity contribution in [2.45, 2.75) is 25.3 Å². The first kappa shape index (κ1) is 10.6. The predicted molar refractivity (Wildman–Crippen MR) is 66.2 cm³/mol. The van der Waals surface area contributed by atoms with E-state index in [1.54, 1.807) is 12.3 Å². The van der Waals surface area contributed by atoms with E-state index < -0.39 is 0 Å². The molecule has 17 heavy (non-hydrogen) atoms. The molecule has 0 bridgehead atoms. The minimum atomic E-state index is 0.277. The van der Waals surface area contributed by atoms with E-state index in [-0.39, 0.29) is 5.75 Å². The fraction of sp³-hybridized carbons (Fsp3) is 0.462. The number of imidazole rings is 1. The smallest absolute Gasteiger partial charge is 0.137 e. The third-order valence-corrected chi connectivity index (χ3v) is 3.60. The van der Waals surface area contributed by atoms with Crippen molar-refractivity contribution in [3.63, 3.8) is 0 Å². The number of aromatic nitrogens is 2. The molecule has 0 saturated carbocycles. The molecular formula is C13H17N3O. The Kier molecular flexibility index (Phi) is 2.52. The molecule has 2 aromatic heterocycles. The van der Waals surface area contributed by atoms with Gasteiger partial charge in [0.2, 0.25) is 0 Å². The summed E-state index contributed by atoms with van der Waals surface area (Å²) >= 11 is 0. The van der Waals surface area contributed by atoms with Crippen LogP contribution in [0.15, 0.2) is 24.5 Å². The minimum absolute atomic E-state index is 0.277. The van der Waals surface area contributed by atoms with Gasteiger partial charge in [0.15, 0.2) is 0 Å². The van der Waals surface area contributed by atoms with E-state index in [9.17, 15) is 5.11 Å². The Balaban J connectivity index is 1.85. The molecule has 3 heterocycles. The molecular weight excluding hydrogens is 214 g/mol. The van der Waals surface area contributed by atoms with Gasteiger partial charge >= 0.3 is 0 Å². The number of likely N-dealkylation sites (N-methyl/N-ethyl adjacent to an activating group) is 1. The molecule has 4 nitrogen and oxygen atoms in total. The van der Waals surface area contributed by atoms with Crippen LogP contribution in [0.3, 0.4) is 0 Å². The molecule has 1 unspecified atom stereocenters. The van der Waals surface area contributed by atoms with Crippen LogP contribution < -0.4 is 0 Å². The van der Waals surface area contributed by atoms with Crippen LogP contribution in [0.4, 0.5) is 0 Å². The normalized spacial score (nSPS) is 21.4. The predicted octanol–water partition coefficient (Wildman–Crippen LogP) is 1.68. The van der Waals surface area contributed by atoms with Gasteiger partial charge in [0, 0.05) is 18.7 Å². The summed E-state index contributed by atoms with van der Waals surface area (Å²) in [6, 6.07) is 4.14. The molecule has 1 fully saturated rings. The molecule has 0 aliphatic carbocycles. The number of hydrogen-bond acceptors (Lipinski definition) is 3. The molecule has 0 spiro atoms. The van der Waals surface area contributed by atoms with Crippen molar-refractivity contribution in [2.24, 2.45) is 0 Å². The molecule has 1 aliphatic heterocycles. The molecule has 2 aromatic rings. The zero-order chi connectivity index (χ0) is 11.8. The Morgan fingerprint density at radius 2 is 2.29 bits per heavy atom. The van der Waals surface area contributed by atoms with Gasteiger partial charge in [-0.2, -0.15) is 0 Å². The lowest BCUT2D eigenvalue weighted by Crippen LogP contribution is -2.26. The quantitative estimate of drug-likeness (QED) is 0.855. The lowest BCUT2D eigenvalue weighted by atomic mass is 10.1. The van der Waals surface area contributed by atoms with E-state index >= 15 is 0 Å². The number of aromatic hydroxyl groups is 1. The van der Waals surface area contributed by atoms with Crippen molar-refractivity contribution in [2.75, 3.05) is 13.6 Å². The molecule has 1 atom stereocenters. The van der Waals surface area contributed by atoms with Gasteiger partial charge in [-0.1, -0.05) is 0 Å². The average molecular weight is 231 g/mol. The second-order valence-electron chi connectivity index (χ2n) is 4.87. The van der Waals surface area contributed by atoms with Gasteiger partial charge in [-0.05, 0) is 38.6 Å². The van der Waals surface area contributed by atoms with Gasteiger partial charge in [-0.3, -0.25) is 0 Å². The van der Waals surface area contributed by atoms with Crippen molar-refractivity contribution in [1.29, 1.82) is 0 Å². The molecule has 1 N–H and O–H groups in total. The fourth-order valence-electron chi connectivity index (χ4n) is 2.61. The second-order valence-corrected chi connectivity index (χ2v) is 4.87. The lowest BCUT2D eigenvalue weighted by molar-refractivity contribution is 0.308. The summed E-state index contributed by atoms with van der Waals surface area (Å²) in [5, 5.41) is 9.41. The summed E-state index contributed by atoms with van der Waals surface area (Å²) in [5.74, 6) is 0.277. The number of likely N-dealkylation sites (tertiary alicyclic amines) is 1. The summed E-state index contributed by atoms with van der Waals surface area (Å²) in [7, 11) is 2.18. The Bertz CT molecular complexity index is 534. The largest absolute Gasteiger partial charge is 0.506 e. The second kappa shape index (κ2) is 4.04. The van der Waals surface area contributed by atoms with E-state index in [2.05, 4.69) is 16.9 Å². The van der Waals surface area contributed by atoms with Gasteiger partial charge in [0.05, 0.1) is 11.9 Å². The molecule has 0 amide bonds. The molecule has 1 aliphatic rings. The number of rotatable bonds is 2. The van der Waals surface area contributed by atoms with Crippen LogP contribution in [-0.4, -0.2) is 39.0 Å². The monoisotopic (exact) mass is 231 g/mol. The molecule has 90 valence electrons. The minimum Gasteiger partial charge on any atom is -0.506 e.